The lowest BCUT2D eigenvalue weighted by Crippen LogP contribution is -2.32. The monoisotopic (exact) mass is 189 g/mol. The largest absolute Gasteiger partial charge is 0.458 e. The highest BCUT2D eigenvalue weighted by molar-refractivity contribution is 5.62. The van der Waals surface area contributed by atoms with Crippen LogP contribution in [0.4, 0.5) is 5.82 Å². The Morgan fingerprint density at radius 2 is 2.36 bits per heavy atom. The van der Waals surface area contributed by atoms with Crippen LogP contribution in [0.3, 0.4) is 0 Å². The van der Waals surface area contributed by atoms with Crippen LogP contribution in [-0.4, -0.2) is 16.1 Å². The van der Waals surface area contributed by atoms with Crippen LogP contribution in [0.15, 0.2) is 29.5 Å². The van der Waals surface area contributed by atoms with Gasteiger partial charge in [0.1, 0.15) is 6.26 Å². The summed E-state index contributed by atoms with van der Waals surface area (Å²) in [5, 5.41) is 0. The Kier molecular flexibility index (Phi) is 1.30. The molecule has 0 unspecified atom stereocenters. The van der Waals surface area contributed by atoms with Gasteiger partial charge in [-0.25, -0.2) is 9.36 Å². The molecular formula is C9H7N3O2. The second-order valence-electron chi connectivity index (χ2n) is 3.04. The highest BCUT2D eigenvalue weighted by Gasteiger charge is 2.21. The number of aromatic nitrogens is 2. The maximum atomic E-state index is 11.4. The van der Waals surface area contributed by atoms with Gasteiger partial charge in [0.2, 0.25) is 0 Å². The molecule has 0 saturated carbocycles. The molecule has 3 rings (SSSR count). The van der Waals surface area contributed by atoms with Crippen LogP contribution in [-0.2, 0) is 0 Å². The van der Waals surface area contributed by atoms with Crippen molar-refractivity contribution in [2.45, 2.75) is 0 Å². The molecule has 0 aromatic carbocycles. The molecule has 0 N–H and O–H groups in total. The second-order valence-corrected chi connectivity index (χ2v) is 3.04. The Hall–Kier alpha value is -2.04. The number of hydrogen-bond acceptors (Lipinski definition) is 4. The number of hydrogen-bond donors (Lipinski definition) is 0. The van der Waals surface area contributed by atoms with Crippen molar-refractivity contribution in [2.24, 2.45) is 0 Å². The number of rotatable bonds is 0. The topological polar surface area (TPSA) is 47.4 Å². The van der Waals surface area contributed by atoms with Gasteiger partial charge in [-0.05, 0) is 6.08 Å². The van der Waals surface area contributed by atoms with E-state index in [2.05, 4.69) is 4.98 Å². The third kappa shape index (κ3) is 0.834. The Bertz CT molecular complexity index is 501. The zero-order valence-corrected chi connectivity index (χ0v) is 7.25. The maximum absolute atomic E-state index is 11.4. The van der Waals surface area contributed by atoms with Crippen molar-refractivity contribution in [3.63, 3.8) is 0 Å². The number of anilines is 1. The van der Waals surface area contributed by atoms with Gasteiger partial charge in [0, 0.05) is 18.9 Å². The highest BCUT2D eigenvalue weighted by atomic mass is 16.5. The molecule has 0 saturated heterocycles. The van der Waals surface area contributed by atoms with E-state index in [1.54, 1.807) is 18.7 Å². The molecule has 3 heterocycles. The van der Waals surface area contributed by atoms with E-state index in [1.165, 1.54) is 10.8 Å². The summed E-state index contributed by atoms with van der Waals surface area (Å²) in [4.78, 5) is 17.0. The van der Waals surface area contributed by atoms with Gasteiger partial charge in [0.15, 0.2) is 11.6 Å². The van der Waals surface area contributed by atoms with Gasteiger partial charge in [-0.2, -0.15) is 4.98 Å². The molecule has 14 heavy (non-hydrogen) atoms. The normalized spacial score (nSPS) is 16.4. The molecule has 0 fully saturated rings. The second kappa shape index (κ2) is 2.47. The van der Waals surface area contributed by atoms with Crippen molar-refractivity contribution in [3.05, 3.63) is 35.2 Å². The molecule has 2 aliphatic heterocycles. The fraction of sp³-hybridized carbons (Fsp3) is 0.111. The molecule has 1 aromatic heterocycles. The van der Waals surface area contributed by atoms with Crippen molar-refractivity contribution >= 4 is 12.0 Å². The van der Waals surface area contributed by atoms with E-state index < -0.39 is 0 Å². The quantitative estimate of drug-likeness (QED) is 0.592. The van der Waals surface area contributed by atoms with Crippen LogP contribution < -0.4 is 15.3 Å². The van der Waals surface area contributed by atoms with Gasteiger partial charge in [0.05, 0.1) is 6.20 Å². The van der Waals surface area contributed by atoms with E-state index in [1.807, 2.05) is 11.0 Å². The molecule has 0 aliphatic carbocycles. The lowest BCUT2D eigenvalue weighted by Gasteiger charge is -2.28. The average molecular weight is 189 g/mol. The van der Waals surface area contributed by atoms with Crippen molar-refractivity contribution in [2.75, 3.05) is 11.4 Å². The minimum Gasteiger partial charge on any atom is -0.458 e. The SMILES string of the molecule is O=c1ncc2c3n1C=CCN3C=CO2. The minimum atomic E-state index is -0.288. The predicted octanol–water partition coefficient (Wildman–Crippen LogP) is 0.398. The van der Waals surface area contributed by atoms with Crippen LogP contribution in [0.25, 0.3) is 6.20 Å². The summed E-state index contributed by atoms with van der Waals surface area (Å²) in [6.07, 6.45) is 8.44. The van der Waals surface area contributed by atoms with Crippen molar-refractivity contribution in [1.29, 1.82) is 0 Å². The van der Waals surface area contributed by atoms with E-state index >= 15 is 0 Å². The van der Waals surface area contributed by atoms with E-state index in [-0.39, 0.29) is 5.69 Å². The van der Waals surface area contributed by atoms with Gasteiger partial charge in [0.25, 0.3) is 0 Å². The summed E-state index contributed by atoms with van der Waals surface area (Å²) in [5.74, 6) is 1.35. The molecule has 70 valence electrons. The molecule has 0 atom stereocenters. The van der Waals surface area contributed by atoms with Crippen molar-refractivity contribution < 1.29 is 4.74 Å². The van der Waals surface area contributed by atoms with Gasteiger partial charge in [-0.1, -0.05) is 0 Å². The average Bonchev–Trinajstić information content (AvgIpc) is 2.24. The summed E-state index contributed by atoms with van der Waals surface area (Å²) >= 11 is 0. The number of nitrogens with zero attached hydrogens (tertiary/aromatic N) is 3. The van der Waals surface area contributed by atoms with Crippen LogP contribution >= 0.6 is 0 Å². The van der Waals surface area contributed by atoms with E-state index in [4.69, 9.17) is 4.74 Å². The Labute approximate surface area is 79.5 Å². The minimum absolute atomic E-state index is 0.288. The zero-order valence-electron chi connectivity index (χ0n) is 7.25. The Morgan fingerprint density at radius 1 is 1.43 bits per heavy atom. The van der Waals surface area contributed by atoms with Gasteiger partial charge < -0.3 is 9.64 Å². The Morgan fingerprint density at radius 3 is 3.29 bits per heavy atom. The smallest absolute Gasteiger partial charge is 0.353 e. The van der Waals surface area contributed by atoms with Gasteiger partial charge in [-0.3, -0.25) is 0 Å². The van der Waals surface area contributed by atoms with Crippen LogP contribution in [0, 0.1) is 0 Å². The van der Waals surface area contributed by atoms with Crippen LogP contribution in [0.2, 0.25) is 0 Å². The first-order valence-electron chi connectivity index (χ1n) is 4.24. The molecule has 2 aliphatic rings. The van der Waals surface area contributed by atoms with Crippen molar-refractivity contribution in [3.8, 4) is 5.75 Å². The van der Waals surface area contributed by atoms with Gasteiger partial charge in [-0.15, -0.1) is 0 Å². The first-order valence-corrected chi connectivity index (χ1v) is 4.24. The summed E-state index contributed by atoms with van der Waals surface area (Å²) < 4.78 is 6.72. The highest BCUT2D eigenvalue weighted by Crippen LogP contribution is 2.31. The molecule has 0 radical (unpaired) electrons. The van der Waals surface area contributed by atoms with Crippen LogP contribution in [0.1, 0.15) is 0 Å². The first kappa shape index (κ1) is 7.37. The third-order valence-corrected chi connectivity index (χ3v) is 2.21. The summed E-state index contributed by atoms with van der Waals surface area (Å²) in [6.45, 7) is 0.746. The first-order chi connectivity index (χ1) is 6.86. The zero-order chi connectivity index (χ0) is 9.54. The summed E-state index contributed by atoms with van der Waals surface area (Å²) in [6, 6.07) is 0. The van der Waals surface area contributed by atoms with E-state index in [0.717, 1.165) is 12.4 Å². The molecule has 0 amide bonds. The lowest BCUT2D eigenvalue weighted by atomic mass is 10.3. The van der Waals surface area contributed by atoms with Crippen molar-refractivity contribution in [1.82, 2.24) is 9.55 Å². The molecule has 0 bridgehead atoms. The Balaban J connectivity index is 2.37. The standard InChI is InChI=1S/C9H7N3O2/c13-9-10-6-7-8-11(4-5-14-7)2-1-3-12(8)9/h1,3-6H,2H2. The summed E-state index contributed by atoms with van der Waals surface area (Å²) in [7, 11) is 0. The fourth-order valence-corrected chi connectivity index (χ4v) is 1.60. The maximum Gasteiger partial charge on any atom is 0.353 e. The molecule has 5 heteroatoms. The third-order valence-electron chi connectivity index (χ3n) is 2.21. The van der Waals surface area contributed by atoms with E-state index in [0.29, 0.717) is 5.75 Å². The van der Waals surface area contributed by atoms with Gasteiger partial charge >= 0.3 is 5.69 Å². The molecule has 0 spiro atoms. The molecule has 1 aromatic rings. The van der Waals surface area contributed by atoms with E-state index in [9.17, 15) is 4.79 Å². The molecule has 5 nitrogen and oxygen atoms in total. The predicted molar refractivity (Wildman–Crippen MR) is 50.9 cm³/mol. The molecular weight excluding hydrogens is 182 g/mol. The lowest BCUT2D eigenvalue weighted by molar-refractivity contribution is 0.460. The fourth-order valence-electron chi connectivity index (χ4n) is 1.60. The van der Waals surface area contributed by atoms with Crippen LogP contribution in [0.5, 0.6) is 5.75 Å². The number of ether oxygens (including phenoxy) is 1. The summed E-state index contributed by atoms with van der Waals surface area (Å²) in [5.41, 5.74) is -0.288.